The second-order valence-corrected chi connectivity index (χ2v) is 4.30. The van der Waals surface area contributed by atoms with Crippen LogP contribution in [0.25, 0.3) is 10.1 Å². The lowest BCUT2D eigenvalue weighted by Gasteiger charge is -2.00. The van der Waals surface area contributed by atoms with Crippen molar-refractivity contribution in [3.05, 3.63) is 35.2 Å². The lowest BCUT2D eigenvalue weighted by molar-refractivity contribution is 0.706. The maximum atomic E-state index is 5.19. The Bertz CT molecular complexity index is 478. The predicted molar refractivity (Wildman–Crippen MR) is 67.0 cm³/mol. The first-order valence-electron chi connectivity index (χ1n) is 5.01. The molecule has 0 saturated heterocycles. The minimum absolute atomic E-state index is 0.794. The molecule has 1 nitrogen and oxygen atoms in total. The smallest absolute Gasteiger partial charge is 0.0346 e. The summed E-state index contributed by atoms with van der Waals surface area (Å²) in [5.41, 5.74) is 1.37. The molecule has 0 aliphatic rings. The van der Waals surface area contributed by atoms with Crippen LogP contribution in [0.2, 0.25) is 0 Å². The van der Waals surface area contributed by atoms with Crippen molar-refractivity contribution in [2.75, 3.05) is 6.54 Å². The number of nitrogens with one attached hydrogen (secondary N) is 1. The maximum Gasteiger partial charge on any atom is 0.0346 e. The van der Waals surface area contributed by atoms with Gasteiger partial charge in [0.15, 0.2) is 0 Å². The average molecular weight is 215 g/mol. The van der Waals surface area contributed by atoms with Gasteiger partial charge >= 0.3 is 0 Å². The number of rotatable bonds is 4. The van der Waals surface area contributed by atoms with Crippen LogP contribution in [0.3, 0.4) is 0 Å². The van der Waals surface area contributed by atoms with E-state index < -0.39 is 0 Å². The second kappa shape index (κ2) is 4.97. The molecule has 0 bridgehead atoms. The first kappa shape index (κ1) is 10.2. The molecule has 2 aromatic rings. The molecule has 2 rings (SSSR count). The normalized spacial score (nSPS) is 10.3. The van der Waals surface area contributed by atoms with E-state index >= 15 is 0 Å². The molecule has 0 saturated carbocycles. The molecule has 15 heavy (non-hydrogen) atoms. The highest BCUT2D eigenvalue weighted by Crippen LogP contribution is 2.25. The molecule has 1 heterocycles. The zero-order valence-corrected chi connectivity index (χ0v) is 9.31. The predicted octanol–water partition coefficient (Wildman–Crippen LogP) is 3.01. The molecule has 0 aliphatic heterocycles. The topological polar surface area (TPSA) is 12.0 Å². The molecule has 0 amide bonds. The molecule has 0 fully saturated rings. The Hall–Kier alpha value is -1.30. The van der Waals surface area contributed by atoms with Crippen molar-refractivity contribution >= 4 is 21.4 Å². The van der Waals surface area contributed by atoms with Crippen LogP contribution >= 0.6 is 11.3 Å². The van der Waals surface area contributed by atoms with Crippen LogP contribution in [0, 0.1) is 12.3 Å². The zero-order chi connectivity index (χ0) is 10.5. The summed E-state index contributed by atoms with van der Waals surface area (Å²) in [6.45, 7) is 1.80. The van der Waals surface area contributed by atoms with E-state index in [2.05, 4.69) is 40.9 Å². The Labute approximate surface area is 94.1 Å². The number of terminal acetylenes is 1. The molecule has 0 atom stereocenters. The second-order valence-electron chi connectivity index (χ2n) is 3.39. The van der Waals surface area contributed by atoms with E-state index in [-0.39, 0.29) is 0 Å². The van der Waals surface area contributed by atoms with E-state index in [9.17, 15) is 0 Å². The van der Waals surface area contributed by atoms with Gasteiger partial charge in [-0.2, -0.15) is 0 Å². The van der Waals surface area contributed by atoms with Crippen LogP contribution in [0.15, 0.2) is 29.6 Å². The molecule has 2 heteroatoms. The molecular weight excluding hydrogens is 202 g/mol. The fourth-order valence-corrected chi connectivity index (χ4v) is 2.52. The van der Waals surface area contributed by atoms with Gasteiger partial charge in [0, 0.05) is 24.2 Å². The number of benzene rings is 1. The van der Waals surface area contributed by atoms with Crippen molar-refractivity contribution in [3.8, 4) is 12.3 Å². The van der Waals surface area contributed by atoms with E-state index in [4.69, 9.17) is 6.42 Å². The van der Waals surface area contributed by atoms with Gasteiger partial charge in [0.05, 0.1) is 0 Å². The Balaban J connectivity index is 2.05. The van der Waals surface area contributed by atoms with Gasteiger partial charge in [-0.1, -0.05) is 18.2 Å². The van der Waals surface area contributed by atoms with Crippen molar-refractivity contribution < 1.29 is 0 Å². The average Bonchev–Trinajstić information content (AvgIpc) is 2.68. The molecule has 76 valence electrons. The van der Waals surface area contributed by atoms with Crippen molar-refractivity contribution in [1.82, 2.24) is 5.32 Å². The molecular formula is C13H13NS. The van der Waals surface area contributed by atoms with Crippen molar-refractivity contribution in [2.24, 2.45) is 0 Å². The standard InChI is InChI=1S/C13H13NS/c1-2-3-8-14-9-11-10-15-13-7-5-4-6-12(11)13/h1,4-7,10,14H,3,8-9H2. The van der Waals surface area contributed by atoms with Crippen LogP contribution < -0.4 is 5.32 Å². The third-order valence-corrected chi connectivity index (χ3v) is 3.34. The van der Waals surface area contributed by atoms with Crippen LogP contribution in [-0.4, -0.2) is 6.54 Å². The van der Waals surface area contributed by atoms with E-state index in [1.165, 1.54) is 15.6 Å². The minimum Gasteiger partial charge on any atom is -0.312 e. The summed E-state index contributed by atoms with van der Waals surface area (Å²) in [6, 6.07) is 8.49. The van der Waals surface area contributed by atoms with Gasteiger partial charge in [0.25, 0.3) is 0 Å². The summed E-state index contributed by atoms with van der Waals surface area (Å²) < 4.78 is 1.35. The molecule has 0 unspecified atom stereocenters. The van der Waals surface area contributed by atoms with E-state index in [0.29, 0.717) is 0 Å². The summed E-state index contributed by atoms with van der Waals surface area (Å²) in [7, 11) is 0. The molecule has 1 aromatic carbocycles. The monoisotopic (exact) mass is 215 g/mol. The first-order valence-corrected chi connectivity index (χ1v) is 5.89. The fourth-order valence-electron chi connectivity index (χ4n) is 1.55. The molecule has 0 aliphatic carbocycles. The minimum atomic E-state index is 0.794. The first-order chi connectivity index (χ1) is 7.42. The number of hydrogen-bond donors (Lipinski definition) is 1. The van der Waals surface area contributed by atoms with Crippen LogP contribution in [0.4, 0.5) is 0 Å². The quantitative estimate of drug-likeness (QED) is 0.610. The maximum absolute atomic E-state index is 5.19. The zero-order valence-electron chi connectivity index (χ0n) is 8.49. The third kappa shape index (κ3) is 2.38. The van der Waals surface area contributed by atoms with Gasteiger partial charge in [0.2, 0.25) is 0 Å². The Kier molecular flexibility index (Phi) is 3.39. The Morgan fingerprint density at radius 2 is 2.20 bits per heavy atom. The molecule has 0 spiro atoms. The summed E-state index contributed by atoms with van der Waals surface area (Å²) in [4.78, 5) is 0. The van der Waals surface area contributed by atoms with Crippen LogP contribution in [-0.2, 0) is 6.54 Å². The van der Waals surface area contributed by atoms with Gasteiger partial charge in [-0.05, 0) is 22.4 Å². The Morgan fingerprint density at radius 3 is 3.07 bits per heavy atom. The highest BCUT2D eigenvalue weighted by molar-refractivity contribution is 7.17. The van der Waals surface area contributed by atoms with Gasteiger partial charge < -0.3 is 5.32 Å². The fraction of sp³-hybridized carbons (Fsp3) is 0.231. The lowest BCUT2D eigenvalue weighted by atomic mass is 10.2. The van der Waals surface area contributed by atoms with Crippen LogP contribution in [0.5, 0.6) is 0 Å². The van der Waals surface area contributed by atoms with E-state index in [1.54, 1.807) is 11.3 Å². The Morgan fingerprint density at radius 1 is 1.33 bits per heavy atom. The van der Waals surface area contributed by atoms with Gasteiger partial charge in [-0.15, -0.1) is 23.7 Å². The SMILES string of the molecule is C#CCCNCc1csc2ccccc12. The van der Waals surface area contributed by atoms with Gasteiger partial charge in [0.1, 0.15) is 0 Å². The van der Waals surface area contributed by atoms with E-state index in [1.807, 2.05) is 0 Å². The number of fused-ring (bicyclic) bond motifs is 1. The molecule has 1 N–H and O–H groups in total. The van der Waals surface area contributed by atoms with Crippen molar-refractivity contribution in [3.63, 3.8) is 0 Å². The number of thiophene rings is 1. The summed E-state index contributed by atoms with van der Waals surface area (Å²) >= 11 is 1.80. The summed E-state index contributed by atoms with van der Waals surface area (Å²) in [5.74, 6) is 2.63. The van der Waals surface area contributed by atoms with Crippen molar-refractivity contribution in [1.29, 1.82) is 0 Å². The lowest BCUT2D eigenvalue weighted by Crippen LogP contribution is -2.13. The molecule has 0 radical (unpaired) electrons. The summed E-state index contributed by atoms with van der Waals surface area (Å²) in [5, 5.41) is 6.92. The van der Waals surface area contributed by atoms with Crippen molar-refractivity contribution in [2.45, 2.75) is 13.0 Å². The van der Waals surface area contributed by atoms with Gasteiger partial charge in [-0.25, -0.2) is 0 Å². The summed E-state index contributed by atoms with van der Waals surface area (Å²) in [6.07, 6.45) is 5.98. The highest BCUT2D eigenvalue weighted by atomic mass is 32.1. The third-order valence-electron chi connectivity index (χ3n) is 2.32. The van der Waals surface area contributed by atoms with Crippen LogP contribution in [0.1, 0.15) is 12.0 Å². The number of hydrogen-bond acceptors (Lipinski definition) is 2. The highest BCUT2D eigenvalue weighted by Gasteiger charge is 2.01. The molecule has 1 aromatic heterocycles. The van der Waals surface area contributed by atoms with E-state index in [0.717, 1.165) is 19.5 Å². The van der Waals surface area contributed by atoms with Gasteiger partial charge in [-0.3, -0.25) is 0 Å². The largest absolute Gasteiger partial charge is 0.312 e.